The van der Waals surface area contributed by atoms with Gasteiger partial charge in [0.25, 0.3) is 0 Å². The van der Waals surface area contributed by atoms with E-state index in [1.54, 1.807) is 12.3 Å². The number of rotatable bonds is 3. The van der Waals surface area contributed by atoms with E-state index in [1.807, 2.05) is 22.3 Å². The Labute approximate surface area is 157 Å². The van der Waals surface area contributed by atoms with E-state index in [4.69, 9.17) is 5.26 Å². The van der Waals surface area contributed by atoms with Crippen LogP contribution in [-0.2, 0) is 17.8 Å². The first kappa shape index (κ1) is 17.0. The summed E-state index contributed by atoms with van der Waals surface area (Å²) in [5.41, 5.74) is 2.84. The highest BCUT2D eigenvalue weighted by Crippen LogP contribution is 2.28. The minimum atomic E-state index is 0.306. The van der Waals surface area contributed by atoms with Crippen molar-refractivity contribution in [2.24, 2.45) is 5.92 Å². The molecule has 1 amide bonds. The Bertz CT molecular complexity index is 815. The van der Waals surface area contributed by atoms with Crippen LogP contribution in [-0.4, -0.2) is 35.4 Å². The zero-order valence-electron chi connectivity index (χ0n) is 14.7. The van der Waals surface area contributed by atoms with E-state index in [9.17, 15) is 4.79 Å². The largest absolute Gasteiger partial charge is 0.370 e. The highest BCUT2D eigenvalue weighted by atomic mass is 32.1. The van der Waals surface area contributed by atoms with Gasteiger partial charge in [0.15, 0.2) is 0 Å². The first-order chi connectivity index (χ1) is 12.7. The quantitative estimate of drug-likeness (QED) is 0.837. The summed E-state index contributed by atoms with van der Waals surface area (Å²) in [6, 6.07) is 7.93. The average molecular weight is 366 g/mol. The summed E-state index contributed by atoms with van der Waals surface area (Å²) in [6.45, 7) is 3.54. The minimum absolute atomic E-state index is 0.306. The Morgan fingerprint density at radius 2 is 2.12 bits per heavy atom. The predicted molar refractivity (Wildman–Crippen MR) is 102 cm³/mol. The Morgan fingerprint density at radius 3 is 2.85 bits per heavy atom. The molecule has 0 N–H and O–H groups in total. The van der Waals surface area contributed by atoms with Crippen molar-refractivity contribution < 1.29 is 4.79 Å². The fraction of sp³-hybridized carbons (Fsp3) is 0.450. The van der Waals surface area contributed by atoms with Crippen molar-refractivity contribution in [1.29, 1.82) is 5.26 Å². The molecule has 0 spiro atoms. The lowest BCUT2D eigenvalue weighted by molar-refractivity contribution is -0.133. The van der Waals surface area contributed by atoms with Crippen molar-refractivity contribution >= 4 is 22.9 Å². The molecule has 0 bridgehead atoms. The van der Waals surface area contributed by atoms with Gasteiger partial charge in [-0.2, -0.15) is 5.26 Å². The van der Waals surface area contributed by atoms with Gasteiger partial charge in [0.05, 0.1) is 11.9 Å². The third kappa shape index (κ3) is 3.58. The lowest BCUT2D eigenvalue weighted by atomic mass is 9.92. The molecule has 2 aliphatic rings. The Morgan fingerprint density at radius 1 is 1.27 bits per heavy atom. The van der Waals surface area contributed by atoms with Gasteiger partial charge in [0.1, 0.15) is 11.8 Å². The summed E-state index contributed by atoms with van der Waals surface area (Å²) in [5, 5.41) is 11.0. The number of aromatic nitrogens is 1. The number of carbonyl (C=O) groups excluding carboxylic acids is 1. The van der Waals surface area contributed by atoms with Crippen LogP contribution in [0.3, 0.4) is 0 Å². The number of hydrogen-bond donors (Lipinski definition) is 0. The number of anilines is 1. The molecule has 2 aliphatic heterocycles. The summed E-state index contributed by atoms with van der Waals surface area (Å²) in [5.74, 6) is 0.773. The van der Waals surface area contributed by atoms with Crippen LogP contribution in [0.1, 0.15) is 35.4 Å². The molecule has 6 heteroatoms. The first-order valence-corrected chi connectivity index (χ1v) is 10.0. The average Bonchev–Trinajstić information content (AvgIpc) is 3.16. The molecule has 134 valence electrons. The standard InChI is InChI=1S/C20H22N4OS/c21-12-17-1-2-18(13-22-17)23-7-3-15(4-8-23)11-20(25)24-9-5-19-16(14-24)6-10-26-19/h1-2,6,10,13,15H,3-5,7-9,11,14H2. The molecule has 26 heavy (non-hydrogen) atoms. The second-order valence-corrected chi connectivity index (χ2v) is 8.08. The van der Waals surface area contributed by atoms with Gasteiger partial charge in [-0.3, -0.25) is 4.79 Å². The first-order valence-electron chi connectivity index (χ1n) is 9.17. The van der Waals surface area contributed by atoms with Crippen LogP contribution in [0, 0.1) is 17.2 Å². The van der Waals surface area contributed by atoms with Crippen molar-refractivity contribution in [3.63, 3.8) is 0 Å². The third-order valence-electron chi connectivity index (χ3n) is 5.47. The molecule has 0 saturated carbocycles. The van der Waals surface area contributed by atoms with Gasteiger partial charge >= 0.3 is 0 Å². The zero-order chi connectivity index (χ0) is 17.9. The third-order valence-corrected chi connectivity index (χ3v) is 6.49. The highest BCUT2D eigenvalue weighted by Gasteiger charge is 2.26. The molecule has 0 aromatic carbocycles. The summed E-state index contributed by atoms with van der Waals surface area (Å²) < 4.78 is 0. The number of nitriles is 1. The molecule has 5 nitrogen and oxygen atoms in total. The number of thiophene rings is 1. The SMILES string of the molecule is N#Cc1ccc(N2CCC(CC(=O)N3CCc4sccc4C3)CC2)cn1. The molecule has 1 saturated heterocycles. The second kappa shape index (κ2) is 7.46. The normalized spacial score (nSPS) is 17.7. The van der Waals surface area contributed by atoms with Crippen LogP contribution < -0.4 is 4.90 Å². The van der Waals surface area contributed by atoms with E-state index in [2.05, 4.69) is 27.4 Å². The van der Waals surface area contributed by atoms with Gasteiger partial charge in [-0.25, -0.2) is 4.98 Å². The maximum Gasteiger partial charge on any atom is 0.223 e. The Kier molecular flexibility index (Phi) is 4.89. The predicted octanol–water partition coefficient (Wildman–Crippen LogP) is 3.21. The number of nitrogens with zero attached hydrogens (tertiary/aromatic N) is 4. The van der Waals surface area contributed by atoms with Crippen molar-refractivity contribution in [1.82, 2.24) is 9.88 Å². The Hall–Kier alpha value is -2.39. The molecule has 1 fully saturated rings. The van der Waals surface area contributed by atoms with Crippen LogP contribution in [0.25, 0.3) is 0 Å². The Balaban J connectivity index is 1.28. The van der Waals surface area contributed by atoms with Crippen LogP contribution in [0.2, 0.25) is 0 Å². The number of carbonyl (C=O) groups is 1. The fourth-order valence-electron chi connectivity index (χ4n) is 3.87. The summed E-state index contributed by atoms with van der Waals surface area (Å²) >= 11 is 1.81. The lowest BCUT2D eigenvalue weighted by Gasteiger charge is -2.34. The van der Waals surface area contributed by atoms with E-state index >= 15 is 0 Å². The van der Waals surface area contributed by atoms with Crippen molar-refractivity contribution in [2.75, 3.05) is 24.5 Å². The number of hydrogen-bond acceptors (Lipinski definition) is 5. The van der Waals surface area contributed by atoms with E-state index in [0.29, 0.717) is 23.9 Å². The number of piperidine rings is 1. The van der Waals surface area contributed by atoms with Gasteiger partial charge in [0.2, 0.25) is 5.91 Å². The van der Waals surface area contributed by atoms with Gasteiger partial charge in [-0.05, 0) is 54.3 Å². The van der Waals surface area contributed by atoms with Gasteiger partial charge in [0, 0.05) is 37.5 Å². The van der Waals surface area contributed by atoms with E-state index < -0.39 is 0 Å². The summed E-state index contributed by atoms with van der Waals surface area (Å²) in [6.07, 6.45) is 5.50. The molecular formula is C20H22N4OS. The molecule has 0 atom stereocenters. The van der Waals surface area contributed by atoms with E-state index in [0.717, 1.165) is 51.1 Å². The second-order valence-electron chi connectivity index (χ2n) is 7.08. The topological polar surface area (TPSA) is 60.2 Å². The van der Waals surface area contributed by atoms with Crippen LogP contribution in [0.15, 0.2) is 29.8 Å². The van der Waals surface area contributed by atoms with Crippen LogP contribution in [0.4, 0.5) is 5.69 Å². The monoisotopic (exact) mass is 366 g/mol. The number of fused-ring (bicyclic) bond motifs is 1. The van der Waals surface area contributed by atoms with Crippen molar-refractivity contribution in [2.45, 2.75) is 32.2 Å². The summed E-state index contributed by atoms with van der Waals surface area (Å²) in [7, 11) is 0. The molecule has 4 heterocycles. The fourth-order valence-corrected chi connectivity index (χ4v) is 4.76. The maximum absolute atomic E-state index is 12.7. The zero-order valence-corrected chi connectivity index (χ0v) is 15.5. The van der Waals surface area contributed by atoms with Crippen molar-refractivity contribution in [3.05, 3.63) is 45.9 Å². The lowest BCUT2D eigenvalue weighted by Crippen LogP contribution is -2.39. The van der Waals surface area contributed by atoms with Crippen LogP contribution >= 0.6 is 11.3 Å². The summed E-state index contributed by atoms with van der Waals surface area (Å²) in [4.78, 5) is 22.6. The van der Waals surface area contributed by atoms with Gasteiger partial charge in [-0.15, -0.1) is 11.3 Å². The minimum Gasteiger partial charge on any atom is -0.370 e. The highest BCUT2D eigenvalue weighted by molar-refractivity contribution is 7.10. The maximum atomic E-state index is 12.7. The van der Waals surface area contributed by atoms with Crippen molar-refractivity contribution in [3.8, 4) is 6.07 Å². The smallest absolute Gasteiger partial charge is 0.223 e. The molecule has 0 radical (unpaired) electrons. The van der Waals surface area contributed by atoms with E-state index in [1.165, 1.54) is 10.4 Å². The number of pyridine rings is 1. The van der Waals surface area contributed by atoms with Gasteiger partial charge in [-0.1, -0.05) is 0 Å². The molecule has 2 aromatic heterocycles. The molecular weight excluding hydrogens is 344 g/mol. The molecule has 4 rings (SSSR count). The van der Waals surface area contributed by atoms with Gasteiger partial charge < -0.3 is 9.80 Å². The molecule has 0 unspecified atom stereocenters. The molecule has 2 aromatic rings. The van der Waals surface area contributed by atoms with E-state index in [-0.39, 0.29) is 0 Å². The molecule has 0 aliphatic carbocycles. The van der Waals surface area contributed by atoms with Crippen LogP contribution in [0.5, 0.6) is 0 Å². The number of amides is 1.